The van der Waals surface area contributed by atoms with E-state index in [1.807, 2.05) is 0 Å². The molecule has 0 unspecified atom stereocenters. The molecule has 0 atom stereocenters. The number of nitro benzene ring substituents is 1. The molecule has 8 heteroatoms. The van der Waals surface area contributed by atoms with Crippen molar-refractivity contribution in [2.45, 2.75) is 0 Å². The van der Waals surface area contributed by atoms with Crippen LogP contribution in [0.25, 0.3) is 0 Å². The topological polar surface area (TPSA) is 98.5 Å². The molecule has 2 aromatic rings. The molecule has 0 heterocycles. The third-order valence-electron chi connectivity index (χ3n) is 2.79. The summed E-state index contributed by atoms with van der Waals surface area (Å²) >= 11 is 5.70. The lowest BCUT2D eigenvalue weighted by atomic mass is 10.2. The van der Waals surface area contributed by atoms with Crippen LogP contribution in [0.5, 0.6) is 0 Å². The average molecular weight is 335 g/mol. The van der Waals surface area contributed by atoms with Gasteiger partial charge in [0.15, 0.2) is 6.61 Å². The Labute approximate surface area is 136 Å². The second kappa shape index (κ2) is 7.37. The number of hydrogen-bond donors (Lipinski definition) is 1. The second-order valence-electron chi connectivity index (χ2n) is 4.41. The van der Waals surface area contributed by atoms with Crippen LogP contribution in [-0.4, -0.2) is 23.4 Å². The van der Waals surface area contributed by atoms with E-state index in [4.69, 9.17) is 16.3 Å². The minimum absolute atomic E-state index is 0.0324. The molecule has 2 aromatic carbocycles. The van der Waals surface area contributed by atoms with Gasteiger partial charge in [0.05, 0.1) is 10.5 Å². The zero-order valence-electron chi connectivity index (χ0n) is 11.7. The maximum absolute atomic E-state index is 11.7. The van der Waals surface area contributed by atoms with Gasteiger partial charge in [-0.15, -0.1) is 0 Å². The third kappa shape index (κ3) is 4.52. The highest BCUT2D eigenvalue weighted by atomic mass is 35.5. The van der Waals surface area contributed by atoms with Crippen molar-refractivity contribution >= 4 is 34.9 Å². The number of ether oxygens (including phenoxy) is 1. The number of anilines is 1. The molecular formula is C15H11ClN2O5. The molecular weight excluding hydrogens is 324 g/mol. The first-order valence-electron chi connectivity index (χ1n) is 6.43. The van der Waals surface area contributed by atoms with Crippen molar-refractivity contribution in [2.24, 2.45) is 0 Å². The van der Waals surface area contributed by atoms with Crippen LogP contribution in [0.2, 0.25) is 5.02 Å². The van der Waals surface area contributed by atoms with E-state index in [0.29, 0.717) is 5.02 Å². The van der Waals surface area contributed by atoms with Gasteiger partial charge in [-0.25, -0.2) is 4.79 Å². The number of hydrogen-bond acceptors (Lipinski definition) is 5. The van der Waals surface area contributed by atoms with Gasteiger partial charge in [0.1, 0.15) is 5.69 Å². The monoisotopic (exact) mass is 334 g/mol. The number of carbonyl (C=O) groups is 2. The fourth-order valence-corrected chi connectivity index (χ4v) is 1.85. The summed E-state index contributed by atoms with van der Waals surface area (Å²) in [5.41, 5.74) is 0.0304. The van der Waals surface area contributed by atoms with Gasteiger partial charge in [-0.2, -0.15) is 0 Å². The number of benzene rings is 2. The lowest BCUT2D eigenvalue weighted by Gasteiger charge is -2.07. The van der Waals surface area contributed by atoms with Crippen molar-refractivity contribution in [3.8, 4) is 0 Å². The van der Waals surface area contributed by atoms with Crippen molar-refractivity contribution in [1.29, 1.82) is 0 Å². The normalized spacial score (nSPS) is 9.96. The number of nitro groups is 1. The molecule has 0 aliphatic carbocycles. The van der Waals surface area contributed by atoms with E-state index in [-0.39, 0.29) is 16.9 Å². The molecule has 0 fully saturated rings. The Morgan fingerprint density at radius 1 is 1.13 bits per heavy atom. The van der Waals surface area contributed by atoms with Crippen LogP contribution in [0.1, 0.15) is 10.4 Å². The summed E-state index contributed by atoms with van der Waals surface area (Å²) < 4.78 is 4.84. The largest absolute Gasteiger partial charge is 0.452 e. The highest BCUT2D eigenvalue weighted by Gasteiger charge is 2.16. The number of carbonyl (C=O) groups excluding carboxylic acids is 2. The number of halogens is 1. The minimum Gasteiger partial charge on any atom is -0.452 e. The standard InChI is InChI=1S/C15H11ClN2O5/c16-11-7-5-10(6-8-11)15(20)23-9-14(19)17-12-3-1-2-4-13(12)18(21)22/h1-8H,9H2,(H,17,19). The fraction of sp³-hybridized carbons (Fsp3) is 0.0667. The van der Waals surface area contributed by atoms with Crippen molar-refractivity contribution in [1.82, 2.24) is 0 Å². The maximum Gasteiger partial charge on any atom is 0.338 e. The molecule has 0 spiro atoms. The Kier molecular flexibility index (Phi) is 5.27. The molecule has 0 aliphatic heterocycles. The van der Waals surface area contributed by atoms with Crippen molar-refractivity contribution in [2.75, 3.05) is 11.9 Å². The molecule has 2 rings (SSSR count). The van der Waals surface area contributed by atoms with E-state index in [1.54, 1.807) is 6.07 Å². The van der Waals surface area contributed by atoms with Crippen LogP contribution in [0.3, 0.4) is 0 Å². The zero-order valence-corrected chi connectivity index (χ0v) is 12.4. The lowest BCUT2D eigenvalue weighted by molar-refractivity contribution is -0.383. The van der Waals surface area contributed by atoms with Gasteiger partial charge in [-0.3, -0.25) is 14.9 Å². The molecule has 0 bridgehead atoms. The van der Waals surface area contributed by atoms with Gasteiger partial charge >= 0.3 is 5.97 Å². The molecule has 0 saturated carbocycles. The number of rotatable bonds is 5. The van der Waals surface area contributed by atoms with Crippen LogP contribution in [0.15, 0.2) is 48.5 Å². The SMILES string of the molecule is O=C(COC(=O)c1ccc(Cl)cc1)Nc1ccccc1[N+](=O)[O-]. The van der Waals surface area contributed by atoms with E-state index >= 15 is 0 Å². The summed E-state index contributed by atoms with van der Waals surface area (Å²) in [7, 11) is 0. The highest BCUT2D eigenvalue weighted by molar-refractivity contribution is 6.30. The average Bonchev–Trinajstić information content (AvgIpc) is 2.53. The van der Waals surface area contributed by atoms with E-state index in [9.17, 15) is 19.7 Å². The van der Waals surface area contributed by atoms with Crippen LogP contribution < -0.4 is 5.32 Å². The Morgan fingerprint density at radius 2 is 1.78 bits per heavy atom. The Morgan fingerprint density at radius 3 is 2.43 bits per heavy atom. The van der Waals surface area contributed by atoms with Gasteiger partial charge in [-0.1, -0.05) is 23.7 Å². The van der Waals surface area contributed by atoms with Crippen molar-refractivity contribution in [3.63, 3.8) is 0 Å². The zero-order chi connectivity index (χ0) is 16.8. The molecule has 23 heavy (non-hydrogen) atoms. The van der Waals surface area contributed by atoms with Gasteiger partial charge < -0.3 is 10.1 Å². The van der Waals surface area contributed by atoms with Gasteiger partial charge in [0.2, 0.25) is 0 Å². The lowest BCUT2D eigenvalue weighted by Crippen LogP contribution is -2.21. The van der Waals surface area contributed by atoms with Crippen LogP contribution in [-0.2, 0) is 9.53 Å². The molecule has 0 aromatic heterocycles. The number of nitrogens with zero attached hydrogens (tertiary/aromatic N) is 1. The van der Waals surface area contributed by atoms with Crippen LogP contribution in [0.4, 0.5) is 11.4 Å². The number of para-hydroxylation sites is 2. The first-order valence-corrected chi connectivity index (χ1v) is 6.81. The third-order valence-corrected chi connectivity index (χ3v) is 3.04. The molecule has 0 aliphatic rings. The van der Waals surface area contributed by atoms with Gasteiger partial charge in [0.25, 0.3) is 11.6 Å². The van der Waals surface area contributed by atoms with E-state index in [1.165, 1.54) is 42.5 Å². The molecule has 0 radical (unpaired) electrons. The molecule has 0 saturated heterocycles. The first kappa shape index (κ1) is 16.4. The van der Waals surface area contributed by atoms with Gasteiger partial charge in [-0.05, 0) is 30.3 Å². The summed E-state index contributed by atoms with van der Waals surface area (Å²) in [6, 6.07) is 11.6. The summed E-state index contributed by atoms with van der Waals surface area (Å²) in [5, 5.41) is 13.6. The first-order chi connectivity index (χ1) is 11.0. The minimum atomic E-state index is -0.695. The molecule has 1 amide bonds. The number of esters is 1. The van der Waals surface area contributed by atoms with Crippen LogP contribution >= 0.6 is 11.6 Å². The second-order valence-corrected chi connectivity index (χ2v) is 4.84. The predicted molar refractivity (Wildman–Crippen MR) is 83.5 cm³/mol. The Bertz CT molecular complexity index is 746. The predicted octanol–water partition coefficient (Wildman–Crippen LogP) is 3.04. The Balaban J connectivity index is 1.94. The number of amides is 1. The summed E-state index contributed by atoms with van der Waals surface area (Å²) in [4.78, 5) is 33.7. The van der Waals surface area contributed by atoms with Crippen molar-refractivity contribution < 1.29 is 19.2 Å². The quantitative estimate of drug-likeness (QED) is 0.514. The summed E-state index contributed by atoms with van der Waals surface area (Å²) in [6.07, 6.45) is 0. The van der Waals surface area contributed by atoms with E-state index in [0.717, 1.165) is 0 Å². The maximum atomic E-state index is 11.7. The van der Waals surface area contributed by atoms with E-state index < -0.39 is 23.4 Å². The fourth-order valence-electron chi connectivity index (χ4n) is 1.73. The van der Waals surface area contributed by atoms with E-state index in [2.05, 4.69) is 5.32 Å². The number of nitrogens with one attached hydrogen (secondary N) is 1. The summed E-state index contributed by atoms with van der Waals surface area (Å²) in [5.74, 6) is -1.37. The smallest absolute Gasteiger partial charge is 0.338 e. The van der Waals surface area contributed by atoms with Gasteiger partial charge in [0, 0.05) is 11.1 Å². The summed E-state index contributed by atoms with van der Waals surface area (Å²) in [6.45, 7) is -0.562. The highest BCUT2D eigenvalue weighted by Crippen LogP contribution is 2.22. The molecule has 1 N–H and O–H groups in total. The molecule has 118 valence electrons. The Hall–Kier alpha value is -2.93. The van der Waals surface area contributed by atoms with Crippen molar-refractivity contribution in [3.05, 3.63) is 69.2 Å². The molecule has 7 nitrogen and oxygen atoms in total. The van der Waals surface area contributed by atoms with Crippen LogP contribution in [0, 0.1) is 10.1 Å².